The van der Waals surface area contributed by atoms with Gasteiger partial charge >= 0.3 is 0 Å². The molecule has 0 saturated carbocycles. The summed E-state index contributed by atoms with van der Waals surface area (Å²) in [6.07, 6.45) is 0. The number of sulfonamides is 1. The SMILES string of the molecule is COCCNS(=O)(=O)c1cccc(CNC(=O)[C@H](C)N)c1. The second kappa shape index (κ2) is 8.08. The monoisotopic (exact) mass is 315 g/mol. The van der Waals surface area contributed by atoms with Crippen LogP contribution >= 0.6 is 0 Å². The second-order valence-corrected chi connectivity index (χ2v) is 6.31. The van der Waals surface area contributed by atoms with E-state index in [-0.39, 0.29) is 23.9 Å². The molecule has 4 N–H and O–H groups in total. The number of rotatable bonds is 8. The summed E-state index contributed by atoms with van der Waals surface area (Å²) in [5.41, 5.74) is 6.12. The van der Waals surface area contributed by atoms with Crippen LogP contribution in [0.1, 0.15) is 12.5 Å². The third-order valence-electron chi connectivity index (χ3n) is 2.69. The van der Waals surface area contributed by atoms with Crippen LogP contribution in [0.2, 0.25) is 0 Å². The first-order valence-electron chi connectivity index (χ1n) is 6.47. The molecule has 0 bridgehead atoms. The highest BCUT2D eigenvalue weighted by Gasteiger charge is 2.14. The van der Waals surface area contributed by atoms with Crippen molar-refractivity contribution >= 4 is 15.9 Å². The van der Waals surface area contributed by atoms with Crippen molar-refractivity contribution in [2.24, 2.45) is 5.73 Å². The molecular weight excluding hydrogens is 294 g/mol. The number of benzene rings is 1. The van der Waals surface area contributed by atoms with Crippen LogP contribution in [0.4, 0.5) is 0 Å². The second-order valence-electron chi connectivity index (χ2n) is 4.54. The quantitative estimate of drug-likeness (QED) is 0.564. The molecule has 1 rings (SSSR count). The molecule has 21 heavy (non-hydrogen) atoms. The van der Waals surface area contributed by atoms with Crippen molar-refractivity contribution < 1.29 is 17.9 Å². The lowest BCUT2D eigenvalue weighted by Gasteiger charge is -2.10. The predicted octanol–water partition coefficient (Wildman–Crippen LogP) is -0.425. The molecule has 0 aromatic heterocycles. The van der Waals surface area contributed by atoms with Gasteiger partial charge in [-0.2, -0.15) is 0 Å². The van der Waals surface area contributed by atoms with E-state index in [4.69, 9.17) is 10.5 Å². The van der Waals surface area contributed by atoms with Crippen molar-refractivity contribution in [2.75, 3.05) is 20.3 Å². The number of methoxy groups -OCH3 is 1. The third kappa shape index (κ3) is 5.80. The Morgan fingerprint density at radius 3 is 2.76 bits per heavy atom. The Balaban J connectivity index is 2.73. The van der Waals surface area contributed by atoms with Crippen molar-refractivity contribution in [1.29, 1.82) is 0 Å². The lowest BCUT2D eigenvalue weighted by Crippen LogP contribution is -2.37. The Morgan fingerprint density at radius 1 is 1.43 bits per heavy atom. The minimum atomic E-state index is -3.58. The van der Waals surface area contributed by atoms with E-state index in [0.29, 0.717) is 12.2 Å². The summed E-state index contributed by atoms with van der Waals surface area (Å²) in [7, 11) is -2.08. The lowest BCUT2D eigenvalue weighted by atomic mass is 10.2. The smallest absolute Gasteiger partial charge is 0.240 e. The summed E-state index contributed by atoms with van der Waals surface area (Å²) in [6, 6.07) is 5.75. The number of carbonyl (C=O) groups excluding carboxylic acids is 1. The molecular formula is C13H21N3O4S. The van der Waals surface area contributed by atoms with Gasteiger partial charge in [0.15, 0.2) is 0 Å². The van der Waals surface area contributed by atoms with Gasteiger partial charge in [-0.3, -0.25) is 4.79 Å². The van der Waals surface area contributed by atoms with Crippen molar-refractivity contribution in [2.45, 2.75) is 24.4 Å². The maximum Gasteiger partial charge on any atom is 0.240 e. The molecule has 0 aliphatic carbocycles. The molecule has 0 aliphatic heterocycles. The van der Waals surface area contributed by atoms with Gasteiger partial charge in [-0.25, -0.2) is 13.1 Å². The van der Waals surface area contributed by atoms with Gasteiger partial charge in [0, 0.05) is 20.2 Å². The fraction of sp³-hybridized carbons (Fsp3) is 0.462. The van der Waals surface area contributed by atoms with Gasteiger partial charge in [-0.1, -0.05) is 12.1 Å². The highest BCUT2D eigenvalue weighted by molar-refractivity contribution is 7.89. The molecule has 0 unspecified atom stereocenters. The molecule has 0 saturated heterocycles. The zero-order chi connectivity index (χ0) is 15.9. The maximum atomic E-state index is 12.0. The molecule has 0 spiro atoms. The zero-order valence-electron chi connectivity index (χ0n) is 12.1. The van der Waals surface area contributed by atoms with Crippen LogP contribution < -0.4 is 15.8 Å². The van der Waals surface area contributed by atoms with E-state index in [2.05, 4.69) is 10.0 Å². The predicted molar refractivity (Wildman–Crippen MR) is 79.0 cm³/mol. The number of amides is 1. The van der Waals surface area contributed by atoms with Crippen LogP contribution in [0.5, 0.6) is 0 Å². The van der Waals surface area contributed by atoms with E-state index in [9.17, 15) is 13.2 Å². The molecule has 0 fully saturated rings. The van der Waals surface area contributed by atoms with Gasteiger partial charge in [0.05, 0.1) is 17.5 Å². The van der Waals surface area contributed by atoms with Gasteiger partial charge in [-0.15, -0.1) is 0 Å². The lowest BCUT2D eigenvalue weighted by molar-refractivity contribution is -0.122. The average Bonchev–Trinajstić information content (AvgIpc) is 2.45. The summed E-state index contributed by atoms with van der Waals surface area (Å²) < 4.78 is 31.3. The summed E-state index contributed by atoms with van der Waals surface area (Å²) in [5.74, 6) is -0.290. The van der Waals surface area contributed by atoms with E-state index in [1.165, 1.54) is 19.2 Å². The Bertz CT molecular complexity index is 573. The molecule has 8 heteroatoms. The Morgan fingerprint density at radius 2 is 2.14 bits per heavy atom. The molecule has 7 nitrogen and oxygen atoms in total. The molecule has 1 atom stereocenters. The Hall–Kier alpha value is -1.48. The molecule has 1 aromatic carbocycles. The Kier molecular flexibility index (Phi) is 6.76. The number of hydrogen-bond donors (Lipinski definition) is 3. The number of hydrogen-bond acceptors (Lipinski definition) is 5. The standard InChI is InChI=1S/C13H21N3O4S/c1-10(14)13(17)15-9-11-4-3-5-12(8-11)21(18,19)16-6-7-20-2/h3-5,8,10,16H,6-7,9,14H2,1-2H3,(H,15,17)/t10-/m0/s1. The van der Waals surface area contributed by atoms with E-state index in [0.717, 1.165) is 0 Å². The van der Waals surface area contributed by atoms with Crippen LogP contribution in [0.15, 0.2) is 29.2 Å². The van der Waals surface area contributed by atoms with Crippen molar-refractivity contribution in [3.8, 4) is 0 Å². The van der Waals surface area contributed by atoms with Gasteiger partial charge in [0.25, 0.3) is 0 Å². The first kappa shape index (κ1) is 17.6. The van der Waals surface area contributed by atoms with Gasteiger partial charge in [0.2, 0.25) is 15.9 Å². The van der Waals surface area contributed by atoms with Crippen LogP contribution in [-0.2, 0) is 26.1 Å². The topological polar surface area (TPSA) is 111 Å². The van der Waals surface area contributed by atoms with Crippen LogP contribution in [0.25, 0.3) is 0 Å². The van der Waals surface area contributed by atoms with Crippen molar-refractivity contribution in [3.63, 3.8) is 0 Å². The zero-order valence-corrected chi connectivity index (χ0v) is 12.9. The third-order valence-corrected chi connectivity index (χ3v) is 4.15. The first-order valence-corrected chi connectivity index (χ1v) is 7.96. The van der Waals surface area contributed by atoms with Crippen molar-refractivity contribution in [3.05, 3.63) is 29.8 Å². The molecule has 1 amide bonds. The van der Waals surface area contributed by atoms with Gasteiger partial charge in [-0.05, 0) is 24.6 Å². The maximum absolute atomic E-state index is 12.0. The fourth-order valence-corrected chi connectivity index (χ4v) is 2.62. The summed E-state index contributed by atoms with van der Waals surface area (Å²) >= 11 is 0. The van der Waals surface area contributed by atoms with Crippen molar-refractivity contribution in [1.82, 2.24) is 10.0 Å². The van der Waals surface area contributed by atoms with Crippen LogP contribution in [0.3, 0.4) is 0 Å². The largest absolute Gasteiger partial charge is 0.383 e. The number of nitrogens with two attached hydrogens (primary N) is 1. The van der Waals surface area contributed by atoms with Crippen LogP contribution in [-0.4, -0.2) is 40.6 Å². The van der Waals surface area contributed by atoms with E-state index in [1.807, 2.05) is 0 Å². The summed E-state index contributed by atoms with van der Waals surface area (Å²) in [6.45, 7) is 2.30. The summed E-state index contributed by atoms with van der Waals surface area (Å²) in [4.78, 5) is 11.5. The Labute approximate surface area is 124 Å². The van der Waals surface area contributed by atoms with E-state index in [1.54, 1.807) is 19.1 Å². The first-order chi connectivity index (χ1) is 9.86. The highest BCUT2D eigenvalue weighted by Crippen LogP contribution is 2.11. The number of nitrogens with one attached hydrogen (secondary N) is 2. The van der Waals surface area contributed by atoms with Gasteiger partial charge < -0.3 is 15.8 Å². The van der Waals surface area contributed by atoms with E-state index < -0.39 is 16.1 Å². The molecule has 0 radical (unpaired) electrons. The van der Waals surface area contributed by atoms with Gasteiger partial charge in [0.1, 0.15) is 0 Å². The number of carbonyl (C=O) groups is 1. The minimum absolute atomic E-state index is 0.145. The normalized spacial score (nSPS) is 12.9. The average molecular weight is 315 g/mol. The summed E-state index contributed by atoms with van der Waals surface area (Å²) in [5, 5.41) is 2.63. The molecule has 1 aromatic rings. The van der Waals surface area contributed by atoms with Crippen LogP contribution in [0, 0.1) is 0 Å². The number of ether oxygens (including phenoxy) is 1. The molecule has 0 aliphatic rings. The van der Waals surface area contributed by atoms with E-state index >= 15 is 0 Å². The highest BCUT2D eigenvalue weighted by atomic mass is 32.2. The molecule has 118 valence electrons. The minimum Gasteiger partial charge on any atom is -0.383 e. The fourth-order valence-electron chi connectivity index (χ4n) is 1.53. The molecule has 0 heterocycles.